The van der Waals surface area contributed by atoms with Crippen molar-refractivity contribution in [2.24, 2.45) is 0 Å². The monoisotopic (exact) mass is 250 g/mol. The highest BCUT2D eigenvalue weighted by Crippen LogP contribution is 2.22. The lowest BCUT2D eigenvalue weighted by Crippen LogP contribution is -2.22. The quantitative estimate of drug-likeness (QED) is 0.827. The molecule has 1 aromatic carbocycles. The first-order chi connectivity index (χ1) is 8.22. The Morgan fingerprint density at radius 2 is 2.41 bits per heavy atom. The van der Waals surface area contributed by atoms with Gasteiger partial charge in [-0.15, -0.1) is 0 Å². The summed E-state index contributed by atoms with van der Waals surface area (Å²) in [6.45, 7) is 2.81. The van der Waals surface area contributed by atoms with E-state index in [1.165, 1.54) is 0 Å². The van der Waals surface area contributed by atoms with Crippen LogP contribution < -0.4 is 0 Å². The van der Waals surface area contributed by atoms with Crippen molar-refractivity contribution in [1.82, 2.24) is 4.90 Å². The van der Waals surface area contributed by atoms with Crippen LogP contribution in [0.4, 0.5) is 0 Å². The fourth-order valence-corrected chi connectivity index (χ4v) is 2.36. The predicted octanol–water partition coefficient (Wildman–Crippen LogP) is 2.43. The molecule has 1 aliphatic rings. The molecule has 0 N–H and O–H groups in total. The van der Waals surface area contributed by atoms with E-state index in [0.29, 0.717) is 16.7 Å². The van der Waals surface area contributed by atoms with Crippen LogP contribution in [0.3, 0.4) is 0 Å². The zero-order valence-electron chi connectivity index (χ0n) is 9.82. The van der Waals surface area contributed by atoms with Crippen molar-refractivity contribution in [3.8, 4) is 6.07 Å². The van der Waals surface area contributed by atoms with E-state index in [2.05, 4.69) is 11.0 Å². The summed E-state index contributed by atoms with van der Waals surface area (Å²) in [6.07, 6.45) is 1.41. The minimum absolute atomic E-state index is 0.340. The summed E-state index contributed by atoms with van der Waals surface area (Å²) in [4.78, 5) is 2.32. The zero-order valence-corrected chi connectivity index (χ0v) is 10.6. The van der Waals surface area contributed by atoms with E-state index in [1.54, 1.807) is 13.2 Å². The van der Waals surface area contributed by atoms with Crippen LogP contribution in [-0.2, 0) is 11.3 Å². The number of benzene rings is 1. The minimum Gasteiger partial charge on any atom is -0.380 e. The predicted molar refractivity (Wildman–Crippen MR) is 66.9 cm³/mol. The van der Waals surface area contributed by atoms with E-state index < -0.39 is 0 Å². The number of hydrogen-bond donors (Lipinski definition) is 0. The highest BCUT2D eigenvalue weighted by atomic mass is 35.5. The first-order valence-electron chi connectivity index (χ1n) is 5.66. The van der Waals surface area contributed by atoms with Gasteiger partial charge in [0.05, 0.1) is 17.7 Å². The molecule has 0 amide bonds. The van der Waals surface area contributed by atoms with Gasteiger partial charge in [0.25, 0.3) is 0 Å². The maximum absolute atomic E-state index is 8.77. The van der Waals surface area contributed by atoms with Gasteiger partial charge in [-0.3, -0.25) is 4.90 Å². The van der Waals surface area contributed by atoms with Gasteiger partial charge in [0.2, 0.25) is 0 Å². The molecule has 4 heteroatoms. The van der Waals surface area contributed by atoms with Crippen molar-refractivity contribution in [2.45, 2.75) is 19.1 Å². The van der Waals surface area contributed by atoms with Gasteiger partial charge in [-0.05, 0) is 24.1 Å². The molecule has 17 heavy (non-hydrogen) atoms. The van der Waals surface area contributed by atoms with Crippen LogP contribution in [0, 0.1) is 11.3 Å². The summed E-state index contributed by atoms with van der Waals surface area (Å²) in [6, 6.07) is 7.55. The van der Waals surface area contributed by atoms with Crippen molar-refractivity contribution in [2.75, 3.05) is 20.2 Å². The summed E-state index contributed by atoms with van der Waals surface area (Å²) < 4.78 is 5.33. The molecule has 3 nitrogen and oxygen atoms in total. The Balaban J connectivity index is 2.02. The highest BCUT2D eigenvalue weighted by Gasteiger charge is 2.22. The van der Waals surface area contributed by atoms with Crippen LogP contribution in [0.25, 0.3) is 0 Å². The Morgan fingerprint density at radius 3 is 3.00 bits per heavy atom. The molecular weight excluding hydrogens is 236 g/mol. The summed E-state index contributed by atoms with van der Waals surface area (Å²) in [5, 5.41) is 9.44. The van der Waals surface area contributed by atoms with Gasteiger partial charge in [0, 0.05) is 31.8 Å². The van der Waals surface area contributed by atoms with E-state index in [9.17, 15) is 0 Å². The smallest absolute Gasteiger partial charge is 0.0992 e. The van der Waals surface area contributed by atoms with Gasteiger partial charge >= 0.3 is 0 Å². The molecule has 0 aromatic heterocycles. The first kappa shape index (κ1) is 12.4. The lowest BCUT2D eigenvalue weighted by atomic mass is 10.1. The molecule has 1 fully saturated rings. The molecule has 0 spiro atoms. The molecule has 1 aromatic rings. The number of ether oxygens (including phenoxy) is 1. The average Bonchev–Trinajstić information content (AvgIpc) is 2.79. The van der Waals surface area contributed by atoms with Crippen molar-refractivity contribution >= 4 is 11.6 Å². The van der Waals surface area contributed by atoms with Crippen molar-refractivity contribution in [1.29, 1.82) is 5.26 Å². The molecule has 1 saturated heterocycles. The number of methoxy groups -OCH3 is 1. The van der Waals surface area contributed by atoms with Gasteiger partial charge in [-0.2, -0.15) is 5.26 Å². The molecule has 1 atom stereocenters. The van der Waals surface area contributed by atoms with E-state index in [1.807, 2.05) is 12.1 Å². The van der Waals surface area contributed by atoms with E-state index >= 15 is 0 Å². The van der Waals surface area contributed by atoms with Crippen LogP contribution in [0.1, 0.15) is 17.5 Å². The standard InChI is InChI=1S/C13H15ClN2O/c1-17-12-4-5-16(9-12)8-11-3-2-10(7-15)6-13(11)14/h2-3,6,12H,4-5,8-9H2,1H3. The van der Waals surface area contributed by atoms with Crippen LogP contribution in [0.5, 0.6) is 0 Å². The van der Waals surface area contributed by atoms with Gasteiger partial charge in [-0.1, -0.05) is 17.7 Å². The Hall–Kier alpha value is -1.08. The topological polar surface area (TPSA) is 36.3 Å². The van der Waals surface area contributed by atoms with Crippen LogP contribution in [0.15, 0.2) is 18.2 Å². The second kappa shape index (κ2) is 5.50. The van der Waals surface area contributed by atoms with Gasteiger partial charge in [-0.25, -0.2) is 0 Å². The lowest BCUT2D eigenvalue weighted by molar-refractivity contribution is 0.107. The van der Waals surface area contributed by atoms with Crippen LogP contribution in [-0.4, -0.2) is 31.2 Å². The third-order valence-electron chi connectivity index (χ3n) is 3.14. The normalized spacial score (nSPS) is 20.4. The summed E-state index contributed by atoms with van der Waals surface area (Å²) in [7, 11) is 1.75. The van der Waals surface area contributed by atoms with Gasteiger partial charge in [0.1, 0.15) is 0 Å². The molecular formula is C13H15ClN2O. The average molecular weight is 251 g/mol. The lowest BCUT2D eigenvalue weighted by Gasteiger charge is -2.16. The third kappa shape index (κ3) is 2.98. The number of nitriles is 1. The first-order valence-corrected chi connectivity index (χ1v) is 6.04. The largest absolute Gasteiger partial charge is 0.380 e. The molecule has 0 saturated carbocycles. The zero-order chi connectivity index (χ0) is 12.3. The number of nitrogens with zero attached hydrogens (tertiary/aromatic N) is 2. The van der Waals surface area contributed by atoms with Crippen LogP contribution >= 0.6 is 11.6 Å². The number of hydrogen-bond acceptors (Lipinski definition) is 3. The van der Waals surface area contributed by atoms with E-state index in [-0.39, 0.29) is 0 Å². The Bertz CT molecular complexity index is 442. The fraction of sp³-hybridized carbons (Fsp3) is 0.462. The van der Waals surface area contributed by atoms with Crippen LogP contribution in [0.2, 0.25) is 5.02 Å². The van der Waals surface area contributed by atoms with Crippen molar-refractivity contribution < 1.29 is 4.74 Å². The second-order valence-corrected chi connectivity index (χ2v) is 4.71. The maximum atomic E-state index is 8.77. The van der Waals surface area contributed by atoms with Gasteiger partial charge < -0.3 is 4.74 Å². The molecule has 1 unspecified atom stereocenters. The molecule has 90 valence electrons. The second-order valence-electron chi connectivity index (χ2n) is 4.30. The molecule has 0 bridgehead atoms. The third-order valence-corrected chi connectivity index (χ3v) is 3.49. The maximum Gasteiger partial charge on any atom is 0.0992 e. The molecule has 0 aliphatic carbocycles. The van der Waals surface area contributed by atoms with E-state index in [0.717, 1.165) is 31.6 Å². The SMILES string of the molecule is COC1CCN(Cc2ccc(C#N)cc2Cl)C1. The fourth-order valence-electron chi connectivity index (χ4n) is 2.12. The van der Waals surface area contributed by atoms with Crippen molar-refractivity contribution in [3.63, 3.8) is 0 Å². The summed E-state index contributed by atoms with van der Waals surface area (Å²) >= 11 is 6.15. The minimum atomic E-state index is 0.340. The van der Waals surface area contributed by atoms with E-state index in [4.69, 9.17) is 21.6 Å². The summed E-state index contributed by atoms with van der Waals surface area (Å²) in [5.74, 6) is 0. The number of likely N-dealkylation sites (tertiary alicyclic amines) is 1. The highest BCUT2D eigenvalue weighted by molar-refractivity contribution is 6.31. The molecule has 2 rings (SSSR count). The number of rotatable bonds is 3. The van der Waals surface area contributed by atoms with Crippen molar-refractivity contribution in [3.05, 3.63) is 34.3 Å². The molecule has 0 radical (unpaired) electrons. The Labute approximate surface area is 107 Å². The van der Waals surface area contributed by atoms with Gasteiger partial charge in [0.15, 0.2) is 0 Å². The Morgan fingerprint density at radius 1 is 1.59 bits per heavy atom. The molecule has 1 aliphatic heterocycles. The summed E-state index contributed by atoms with van der Waals surface area (Å²) in [5.41, 5.74) is 1.68. The number of halogens is 1. The molecule has 1 heterocycles. The Kier molecular flexibility index (Phi) is 4.01.